The van der Waals surface area contributed by atoms with Crippen LogP contribution in [0.5, 0.6) is 5.75 Å². The number of sulfone groups is 1. The van der Waals surface area contributed by atoms with Crippen molar-refractivity contribution in [3.63, 3.8) is 0 Å². The molecule has 2 aromatic carbocycles. The highest BCUT2D eigenvalue weighted by molar-refractivity contribution is 8.16. The number of thioether (sulfide) groups is 1. The Labute approximate surface area is 162 Å². The average molecular weight is 402 g/mol. The third-order valence-electron chi connectivity index (χ3n) is 4.43. The number of amidine groups is 1. The van der Waals surface area contributed by atoms with Gasteiger partial charge in [-0.25, -0.2) is 8.42 Å². The van der Waals surface area contributed by atoms with Gasteiger partial charge in [0.15, 0.2) is 21.6 Å². The van der Waals surface area contributed by atoms with Crippen LogP contribution in [0.1, 0.15) is 0 Å². The van der Waals surface area contributed by atoms with Gasteiger partial charge in [-0.2, -0.15) is 4.99 Å². The maximum atomic E-state index is 12.3. The molecular weight excluding hydrogens is 384 g/mol. The SMILES string of the molecule is O=C(COc1ccccc1)N=C1S[C@@H]2CS(=O)(=O)C[C@H]2N1c1ccccc1. The molecule has 2 aliphatic heterocycles. The van der Waals surface area contributed by atoms with Gasteiger partial charge in [-0.3, -0.25) is 4.79 Å². The van der Waals surface area contributed by atoms with E-state index in [2.05, 4.69) is 4.99 Å². The van der Waals surface area contributed by atoms with Gasteiger partial charge in [-0.1, -0.05) is 48.2 Å². The Bertz CT molecular complexity index is 962. The first kappa shape index (κ1) is 18.1. The van der Waals surface area contributed by atoms with Gasteiger partial charge in [0.2, 0.25) is 0 Å². The van der Waals surface area contributed by atoms with Crippen LogP contribution in [-0.2, 0) is 14.6 Å². The smallest absolute Gasteiger partial charge is 0.285 e. The second-order valence-electron chi connectivity index (χ2n) is 6.40. The number of para-hydroxylation sites is 2. The molecule has 2 atom stereocenters. The van der Waals surface area contributed by atoms with E-state index >= 15 is 0 Å². The van der Waals surface area contributed by atoms with Crippen molar-refractivity contribution in [3.8, 4) is 5.75 Å². The highest BCUT2D eigenvalue weighted by atomic mass is 32.2. The summed E-state index contributed by atoms with van der Waals surface area (Å²) < 4.78 is 29.6. The van der Waals surface area contributed by atoms with E-state index in [1.54, 1.807) is 12.1 Å². The van der Waals surface area contributed by atoms with E-state index in [-0.39, 0.29) is 29.4 Å². The van der Waals surface area contributed by atoms with Crippen molar-refractivity contribution in [1.82, 2.24) is 0 Å². The zero-order valence-electron chi connectivity index (χ0n) is 14.4. The monoisotopic (exact) mass is 402 g/mol. The van der Waals surface area contributed by atoms with Crippen molar-refractivity contribution in [1.29, 1.82) is 0 Å². The zero-order chi connectivity index (χ0) is 18.9. The molecule has 2 heterocycles. The Kier molecular flexibility index (Phi) is 4.92. The minimum absolute atomic E-state index is 0.0767. The highest BCUT2D eigenvalue weighted by Gasteiger charge is 2.49. The third kappa shape index (κ3) is 4.01. The Morgan fingerprint density at radius 1 is 1.07 bits per heavy atom. The molecule has 4 rings (SSSR count). The van der Waals surface area contributed by atoms with Crippen LogP contribution in [0, 0.1) is 0 Å². The molecule has 27 heavy (non-hydrogen) atoms. The number of ether oxygens (including phenoxy) is 1. The van der Waals surface area contributed by atoms with E-state index < -0.39 is 15.7 Å². The minimum atomic E-state index is -3.07. The first-order valence-electron chi connectivity index (χ1n) is 8.52. The lowest BCUT2D eigenvalue weighted by atomic mass is 10.2. The van der Waals surface area contributed by atoms with Crippen LogP contribution in [0.3, 0.4) is 0 Å². The number of carbonyl (C=O) groups is 1. The molecule has 0 saturated carbocycles. The van der Waals surface area contributed by atoms with Gasteiger partial charge >= 0.3 is 0 Å². The fourth-order valence-electron chi connectivity index (χ4n) is 3.26. The number of fused-ring (bicyclic) bond motifs is 1. The Balaban J connectivity index is 1.55. The standard InChI is InChI=1S/C19H18N2O4S2/c22-18(11-25-15-9-5-2-6-10-15)20-19-21(14-7-3-1-4-8-14)16-12-27(23,24)13-17(16)26-19/h1-10,16-17H,11-13H2/t16-,17-/m1/s1. The van der Waals surface area contributed by atoms with Crippen LogP contribution in [0.4, 0.5) is 5.69 Å². The topological polar surface area (TPSA) is 76.0 Å². The number of amides is 1. The molecule has 0 aliphatic carbocycles. The molecule has 2 fully saturated rings. The van der Waals surface area contributed by atoms with Gasteiger partial charge in [-0.05, 0) is 24.3 Å². The summed E-state index contributed by atoms with van der Waals surface area (Å²) in [7, 11) is -3.07. The molecule has 0 radical (unpaired) electrons. The van der Waals surface area contributed by atoms with Crippen LogP contribution in [0.25, 0.3) is 0 Å². The Morgan fingerprint density at radius 2 is 1.74 bits per heavy atom. The quantitative estimate of drug-likeness (QED) is 0.782. The maximum Gasteiger partial charge on any atom is 0.285 e. The fraction of sp³-hybridized carbons (Fsp3) is 0.263. The molecule has 0 unspecified atom stereocenters. The van der Waals surface area contributed by atoms with Gasteiger partial charge in [0.25, 0.3) is 5.91 Å². The normalized spacial score (nSPS) is 24.7. The van der Waals surface area contributed by atoms with E-state index in [1.165, 1.54) is 11.8 Å². The molecule has 140 valence electrons. The van der Waals surface area contributed by atoms with Crippen LogP contribution < -0.4 is 9.64 Å². The molecule has 2 saturated heterocycles. The second-order valence-corrected chi connectivity index (χ2v) is 9.76. The average Bonchev–Trinajstić information content (AvgIpc) is 3.12. The number of hydrogen-bond donors (Lipinski definition) is 0. The fourth-order valence-corrected chi connectivity index (χ4v) is 7.19. The summed E-state index contributed by atoms with van der Waals surface area (Å²) in [5, 5.41) is 0.421. The summed E-state index contributed by atoms with van der Waals surface area (Å²) in [6.45, 7) is -0.162. The first-order chi connectivity index (χ1) is 13.0. The van der Waals surface area contributed by atoms with E-state index in [9.17, 15) is 13.2 Å². The molecule has 0 N–H and O–H groups in total. The number of anilines is 1. The summed E-state index contributed by atoms with van der Waals surface area (Å²) in [5.74, 6) is 0.394. The molecule has 2 aromatic rings. The lowest BCUT2D eigenvalue weighted by molar-refractivity contribution is -0.119. The number of rotatable bonds is 4. The molecule has 2 aliphatic rings. The van der Waals surface area contributed by atoms with Gasteiger partial charge in [0.05, 0.1) is 17.5 Å². The molecule has 1 amide bonds. The largest absolute Gasteiger partial charge is 0.484 e. The van der Waals surface area contributed by atoms with E-state index in [4.69, 9.17) is 4.74 Å². The van der Waals surface area contributed by atoms with E-state index in [1.807, 2.05) is 53.4 Å². The molecule has 0 spiro atoms. The van der Waals surface area contributed by atoms with Crippen LogP contribution in [0.2, 0.25) is 0 Å². The Hall–Kier alpha value is -2.32. The van der Waals surface area contributed by atoms with Gasteiger partial charge in [-0.15, -0.1) is 0 Å². The van der Waals surface area contributed by atoms with Crippen molar-refractivity contribution in [2.24, 2.45) is 4.99 Å². The van der Waals surface area contributed by atoms with E-state index in [0.717, 1.165) is 5.69 Å². The summed E-state index contributed by atoms with van der Waals surface area (Å²) >= 11 is 1.36. The van der Waals surface area contributed by atoms with Crippen molar-refractivity contribution < 1.29 is 17.9 Å². The summed E-state index contributed by atoms with van der Waals surface area (Å²) in [4.78, 5) is 18.4. The van der Waals surface area contributed by atoms with Gasteiger partial charge in [0.1, 0.15) is 5.75 Å². The molecular formula is C19H18N2O4S2. The van der Waals surface area contributed by atoms with Gasteiger partial charge in [0, 0.05) is 10.9 Å². The van der Waals surface area contributed by atoms with Gasteiger partial charge < -0.3 is 9.64 Å². The predicted molar refractivity (Wildman–Crippen MR) is 107 cm³/mol. The lowest BCUT2D eigenvalue weighted by Crippen LogP contribution is -2.37. The van der Waals surface area contributed by atoms with Crippen LogP contribution in [-0.4, -0.2) is 48.9 Å². The zero-order valence-corrected chi connectivity index (χ0v) is 16.0. The molecule has 6 nitrogen and oxygen atoms in total. The lowest BCUT2D eigenvalue weighted by Gasteiger charge is -2.24. The summed E-state index contributed by atoms with van der Waals surface area (Å²) in [6, 6.07) is 18.3. The van der Waals surface area contributed by atoms with Crippen molar-refractivity contribution in [2.75, 3.05) is 23.0 Å². The predicted octanol–water partition coefficient (Wildman–Crippen LogP) is 2.37. The van der Waals surface area contributed by atoms with Crippen molar-refractivity contribution in [3.05, 3.63) is 60.7 Å². The first-order valence-corrected chi connectivity index (χ1v) is 11.2. The highest BCUT2D eigenvalue weighted by Crippen LogP contribution is 2.40. The summed E-state index contributed by atoms with van der Waals surface area (Å²) in [6.07, 6.45) is 0. The Morgan fingerprint density at radius 3 is 2.44 bits per heavy atom. The van der Waals surface area contributed by atoms with Crippen LogP contribution in [0.15, 0.2) is 65.7 Å². The molecule has 0 aromatic heterocycles. The van der Waals surface area contributed by atoms with Crippen molar-refractivity contribution in [2.45, 2.75) is 11.3 Å². The number of aliphatic imine (C=N–C) groups is 1. The number of hydrogen-bond acceptors (Lipinski definition) is 5. The number of nitrogens with zero attached hydrogens (tertiary/aromatic N) is 2. The second kappa shape index (κ2) is 7.36. The molecule has 0 bridgehead atoms. The number of benzene rings is 2. The van der Waals surface area contributed by atoms with E-state index in [0.29, 0.717) is 10.9 Å². The maximum absolute atomic E-state index is 12.3. The number of carbonyl (C=O) groups excluding carboxylic acids is 1. The molecule has 8 heteroatoms. The minimum Gasteiger partial charge on any atom is -0.484 e. The summed E-state index contributed by atoms with van der Waals surface area (Å²) in [5.41, 5.74) is 0.838. The third-order valence-corrected chi connectivity index (χ3v) is 7.64. The van der Waals surface area contributed by atoms with Crippen molar-refractivity contribution >= 4 is 38.4 Å². The van der Waals surface area contributed by atoms with Crippen LogP contribution >= 0.6 is 11.8 Å².